The molecule has 1 aromatic heterocycles. The Hall–Kier alpha value is -1.57. The molecule has 16 heavy (non-hydrogen) atoms. The van der Waals surface area contributed by atoms with E-state index in [1.165, 1.54) is 12.3 Å². The molecule has 1 aromatic carbocycles. The van der Waals surface area contributed by atoms with E-state index in [1.54, 1.807) is 18.3 Å². The lowest BCUT2D eigenvalue weighted by molar-refractivity contribution is 0.102. The highest BCUT2D eigenvalue weighted by Crippen LogP contribution is 2.20. The number of phenolic OH excluding ortho intramolecular Hbond substituents is 1. The summed E-state index contributed by atoms with van der Waals surface area (Å²) in [4.78, 5) is 11.7. The van der Waals surface area contributed by atoms with Crippen LogP contribution in [0.3, 0.4) is 0 Å². The van der Waals surface area contributed by atoms with Crippen molar-refractivity contribution >= 4 is 34.2 Å². The van der Waals surface area contributed by atoms with Crippen LogP contribution in [0.5, 0.6) is 5.75 Å². The summed E-state index contributed by atoms with van der Waals surface area (Å²) in [5, 5.41) is 18.4. The standard InChI is InChI=1S/C10H8IN3O2/c11-8-2-1-6(3-9(8)15)10(16)14-7-4-12-13-5-7/h1-5,15H,(H,12,13)(H,14,16). The molecule has 6 heteroatoms. The van der Waals surface area contributed by atoms with E-state index in [-0.39, 0.29) is 11.7 Å². The normalized spacial score (nSPS) is 10.1. The lowest BCUT2D eigenvalue weighted by Gasteiger charge is -2.03. The number of carbonyl (C=O) groups excluding carboxylic acids is 1. The fourth-order valence-corrected chi connectivity index (χ4v) is 1.51. The molecule has 1 amide bonds. The van der Waals surface area contributed by atoms with Crippen LogP contribution in [0.4, 0.5) is 5.69 Å². The highest BCUT2D eigenvalue weighted by Gasteiger charge is 2.08. The van der Waals surface area contributed by atoms with Crippen LogP contribution in [0.1, 0.15) is 10.4 Å². The lowest BCUT2D eigenvalue weighted by atomic mass is 10.2. The summed E-state index contributed by atoms with van der Waals surface area (Å²) < 4.78 is 0.706. The van der Waals surface area contributed by atoms with Gasteiger partial charge in [0, 0.05) is 11.8 Å². The second kappa shape index (κ2) is 4.52. The Morgan fingerprint density at radius 2 is 2.31 bits per heavy atom. The summed E-state index contributed by atoms with van der Waals surface area (Å²) >= 11 is 1.99. The first kappa shape index (κ1) is 10.9. The smallest absolute Gasteiger partial charge is 0.255 e. The molecule has 1 heterocycles. The van der Waals surface area contributed by atoms with Crippen molar-refractivity contribution in [3.05, 3.63) is 39.7 Å². The van der Waals surface area contributed by atoms with Gasteiger partial charge in [-0.3, -0.25) is 9.89 Å². The van der Waals surface area contributed by atoms with E-state index in [9.17, 15) is 9.90 Å². The molecule has 0 aliphatic rings. The number of hydrogen-bond donors (Lipinski definition) is 3. The van der Waals surface area contributed by atoms with Gasteiger partial charge < -0.3 is 10.4 Å². The first-order valence-electron chi connectivity index (χ1n) is 4.45. The van der Waals surface area contributed by atoms with Crippen molar-refractivity contribution in [1.82, 2.24) is 10.2 Å². The van der Waals surface area contributed by atoms with Crippen molar-refractivity contribution in [1.29, 1.82) is 0 Å². The molecule has 0 spiro atoms. The van der Waals surface area contributed by atoms with Gasteiger partial charge in [0.15, 0.2) is 0 Å². The molecule has 2 rings (SSSR count). The summed E-state index contributed by atoms with van der Waals surface area (Å²) in [7, 11) is 0. The minimum absolute atomic E-state index is 0.0976. The van der Waals surface area contributed by atoms with Gasteiger partial charge in [0.2, 0.25) is 0 Å². The molecular formula is C10H8IN3O2. The summed E-state index contributed by atoms with van der Waals surface area (Å²) in [6, 6.07) is 4.76. The average Bonchev–Trinajstić information content (AvgIpc) is 2.74. The summed E-state index contributed by atoms with van der Waals surface area (Å²) in [6.45, 7) is 0. The Morgan fingerprint density at radius 1 is 1.50 bits per heavy atom. The van der Waals surface area contributed by atoms with Crippen molar-refractivity contribution < 1.29 is 9.90 Å². The zero-order valence-corrected chi connectivity index (χ0v) is 10.2. The predicted molar refractivity (Wildman–Crippen MR) is 67.4 cm³/mol. The van der Waals surface area contributed by atoms with Crippen molar-refractivity contribution in [2.45, 2.75) is 0 Å². The first-order valence-corrected chi connectivity index (χ1v) is 5.53. The van der Waals surface area contributed by atoms with Crippen LogP contribution in [0.15, 0.2) is 30.6 Å². The largest absolute Gasteiger partial charge is 0.507 e. The fraction of sp³-hybridized carbons (Fsp3) is 0. The van der Waals surface area contributed by atoms with Gasteiger partial charge in [0.1, 0.15) is 5.75 Å². The topological polar surface area (TPSA) is 78.0 Å². The number of carbonyl (C=O) groups is 1. The van der Waals surface area contributed by atoms with Crippen molar-refractivity contribution in [2.75, 3.05) is 5.32 Å². The minimum atomic E-state index is -0.284. The Morgan fingerprint density at radius 3 is 2.94 bits per heavy atom. The van der Waals surface area contributed by atoms with Gasteiger partial charge in [0.05, 0.1) is 15.5 Å². The second-order valence-electron chi connectivity index (χ2n) is 3.11. The molecule has 2 aromatic rings. The first-order chi connectivity index (χ1) is 7.66. The third kappa shape index (κ3) is 2.32. The Bertz CT molecular complexity index is 511. The SMILES string of the molecule is O=C(Nc1cn[nH]c1)c1ccc(I)c(O)c1. The summed E-state index contributed by atoms with van der Waals surface area (Å²) in [5.41, 5.74) is 0.988. The van der Waals surface area contributed by atoms with Crippen LogP contribution < -0.4 is 5.32 Å². The molecule has 0 saturated carbocycles. The number of benzene rings is 1. The van der Waals surface area contributed by atoms with Crippen LogP contribution >= 0.6 is 22.6 Å². The number of amides is 1. The number of nitrogens with one attached hydrogen (secondary N) is 2. The molecule has 0 radical (unpaired) electrons. The van der Waals surface area contributed by atoms with Crippen molar-refractivity contribution in [2.24, 2.45) is 0 Å². The Labute approximate surface area is 105 Å². The molecule has 0 unspecified atom stereocenters. The van der Waals surface area contributed by atoms with Gasteiger partial charge in [-0.2, -0.15) is 5.10 Å². The van der Waals surface area contributed by atoms with Crippen LogP contribution in [0, 0.1) is 3.57 Å². The van der Waals surface area contributed by atoms with Crippen molar-refractivity contribution in [3.8, 4) is 5.75 Å². The maximum atomic E-state index is 11.7. The van der Waals surface area contributed by atoms with Gasteiger partial charge in [-0.25, -0.2) is 0 Å². The third-order valence-electron chi connectivity index (χ3n) is 1.96. The van der Waals surface area contributed by atoms with Crippen LogP contribution in [-0.4, -0.2) is 21.2 Å². The van der Waals surface area contributed by atoms with Gasteiger partial charge in [-0.15, -0.1) is 0 Å². The summed E-state index contributed by atoms with van der Waals surface area (Å²) in [6.07, 6.45) is 3.08. The van der Waals surface area contributed by atoms with Crippen molar-refractivity contribution in [3.63, 3.8) is 0 Å². The molecule has 82 valence electrons. The van der Waals surface area contributed by atoms with E-state index < -0.39 is 0 Å². The number of aromatic hydroxyl groups is 1. The van der Waals surface area contributed by atoms with E-state index in [4.69, 9.17) is 0 Å². The van der Waals surface area contributed by atoms with Gasteiger partial charge in [0.25, 0.3) is 5.91 Å². The number of anilines is 1. The minimum Gasteiger partial charge on any atom is -0.507 e. The number of H-pyrrole nitrogens is 1. The molecule has 0 fully saturated rings. The van der Waals surface area contributed by atoms with Crippen LogP contribution in [-0.2, 0) is 0 Å². The van der Waals surface area contributed by atoms with Gasteiger partial charge >= 0.3 is 0 Å². The zero-order valence-electron chi connectivity index (χ0n) is 8.07. The predicted octanol–water partition coefficient (Wildman–Crippen LogP) is 1.97. The highest BCUT2D eigenvalue weighted by molar-refractivity contribution is 14.1. The monoisotopic (exact) mass is 329 g/mol. The maximum Gasteiger partial charge on any atom is 0.255 e. The third-order valence-corrected chi connectivity index (χ3v) is 2.88. The quantitative estimate of drug-likeness (QED) is 0.737. The maximum absolute atomic E-state index is 11.7. The molecule has 0 atom stereocenters. The van der Waals surface area contributed by atoms with E-state index in [0.29, 0.717) is 14.8 Å². The lowest BCUT2D eigenvalue weighted by Crippen LogP contribution is -2.11. The molecule has 3 N–H and O–H groups in total. The van der Waals surface area contributed by atoms with E-state index in [0.717, 1.165) is 0 Å². The number of rotatable bonds is 2. The number of hydrogen-bond acceptors (Lipinski definition) is 3. The molecule has 0 aliphatic carbocycles. The number of aromatic nitrogens is 2. The Balaban J connectivity index is 2.18. The van der Waals surface area contributed by atoms with E-state index >= 15 is 0 Å². The molecule has 0 saturated heterocycles. The van der Waals surface area contributed by atoms with E-state index in [2.05, 4.69) is 15.5 Å². The molecule has 5 nitrogen and oxygen atoms in total. The zero-order chi connectivity index (χ0) is 11.5. The van der Waals surface area contributed by atoms with Gasteiger partial charge in [-0.05, 0) is 40.8 Å². The highest BCUT2D eigenvalue weighted by atomic mass is 127. The van der Waals surface area contributed by atoms with E-state index in [1.807, 2.05) is 22.6 Å². The fourth-order valence-electron chi connectivity index (χ4n) is 1.18. The summed E-state index contributed by atoms with van der Waals surface area (Å²) in [5.74, 6) is -0.187. The molecule has 0 aliphatic heterocycles. The second-order valence-corrected chi connectivity index (χ2v) is 4.27. The van der Waals surface area contributed by atoms with Crippen LogP contribution in [0.25, 0.3) is 0 Å². The van der Waals surface area contributed by atoms with Crippen LogP contribution in [0.2, 0.25) is 0 Å². The number of phenols is 1. The van der Waals surface area contributed by atoms with Gasteiger partial charge in [-0.1, -0.05) is 0 Å². The molecule has 0 bridgehead atoms. The number of aromatic amines is 1. The number of nitrogens with zero attached hydrogens (tertiary/aromatic N) is 1. The molecular weight excluding hydrogens is 321 g/mol. The number of halogens is 1. The average molecular weight is 329 g/mol. The Kier molecular flexibility index (Phi) is 3.09.